The monoisotopic (exact) mass is 466 g/mol. The number of allylic oxidation sites excluding steroid dienone is 3. The second-order valence-electron chi connectivity index (χ2n) is 9.17. The molecule has 34 heavy (non-hydrogen) atoms. The van der Waals surface area contributed by atoms with Gasteiger partial charge in [0, 0.05) is 19.0 Å². The first kappa shape index (κ1) is 25.7. The number of rotatable bonds is 4. The Morgan fingerprint density at radius 2 is 1.94 bits per heavy atom. The van der Waals surface area contributed by atoms with E-state index < -0.39 is 0 Å². The molecule has 1 aromatic carbocycles. The Balaban J connectivity index is 1.80. The topological polar surface area (TPSA) is 68.2 Å². The Bertz CT molecular complexity index is 948. The number of likely N-dealkylation sites (tertiary alicyclic amines) is 1. The third-order valence-corrected chi connectivity index (χ3v) is 6.42. The van der Waals surface area contributed by atoms with E-state index in [0.29, 0.717) is 36.8 Å². The lowest BCUT2D eigenvalue weighted by Crippen LogP contribution is -2.44. The van der Waals surface area contributed by atoms with Crippen molar-refractivity contribution in [3.63, 3.8) is 0 Å². The summed E-state index contributed by atoms with van der Waals surface area (Å²) in [4.78, 5) is 33.1. The van der Waals surface area contributed by atoms with Gasteiger partial charge >= 0.3 is 5.97 Å². The number of amides is 1. The molecule has 2 aliphatic rings. The number of ether oxygens (including phenoxy) is 1. The van der Waals surface area contributed by atoms with Crippen LogP contribution in [0.25, 0.3) is 0 Å². The zero-order chi connectivity index (χ0) is 24.3. The van der Waals surface area contributed by atoms with Crippen molar-refractivity contribution >= 4 is 17.6 Å². The van der Waals surface area contributed by atoms with Crippen LogP contribution in [0, 0.1) is 13.8 Å². The average molecular weight is 467 g/mol. The first-order chi connectivity index (χ1) is 16.5. The van der Waals surface area contributed by atoms with Gasteiger partial charge in [-0.1, -0.05) is 48.0 Å². The molecule has 0 spiro atoms. The highest BCUT2D eigenvalue weighted by Crippen LogP contribution is 2.21. The molecule has 0 aliphatic carbocycles. The van der Waals surface area contributed by atoms with Crippen molar-refractivity contribution in [1.29, 1.82) is 0 Å². The molecule has 3 rings (SSSR count). The fraction of sp³-hybridized carbons (Fsp3) is 0.536. The van der Waals surface area contributed by atoms with E-state index in [1.807, 2.05) is 43.0 Å². The molecule has 0 N–H and O–H groups in total. The van der Waals surface area contributed by atoms with Crippen LogP contribution in [-0.2, 0) is 20.8 Å². The lowest BCUT2D eigenvalue weighted by molar-refractivity contribution is -0.139. The smallest absolute Gasteiger partial charge is 0.338 e. The van der Waals surface area contributed by atoms with Crippen molar-refractivity contribution in [2.75, 3.05) is 19.8 Å². The van der Waals surface area contributed by atoms with Crippen molar-refractivity contribution in [1.82, 2.24) is 4.90 Å². The average Bonchev–Trinajstić information content (AvgIpc) is 2.81. The van der Waals surface area contributed by atoms with Crippen molar-refractivity contribution in [3.05, 3.63) is 58.7 Å². The second-order valence-corrected chi connectivity index (χ2v) is 9.17. The highest BCUT2D eigenvalue weighted by Gasteiger charge is 2.25. The molecule has 1 amide bonds. The standard InChI is InChI=1S/C28H38N2O4/c1-4-25-14-10-11-15-30(25)26(31)20-34-29-24-13-9-7-5-6-8-12-16-33-28(32)27-22(3)17-21(2)18-23(27)19-24/h6,8-9,13,17-18,25H,4-5,7,10-12,14-16,19-20H2,1-3H3/b8-6+,13-9?,29-24-. The van der Waals surface area contributed by atoms with Gasteiger partial charge in [0.2, 0.25) is 0 Å². The molecule has 1 saturated heterocycles. The Morgan fingerprint density at radius 3 is 2.76 bits per heavy atom. The summed E-state index contributed by atoms with van der Waals surface area (Å²) in [7, 11) is 0. The number of piperidine rings is 1. The van der Waals surface area contributed by atoms with Crippen LogP contribution in [0.1, 0.15) is 78.9 Å². The van der Waals surface area contributed by atoms with Crippen LogP contribution in [0.15, 0.2) is 41.6 Å². The molecule has 0 saturated carbocycles. The van der Waals surface area contributed by atoms with E-state index in [9.17, 15) is 9.59 Å². The molecule has 1 atom stereocenters. The molecular formula is C28H38N2O4. The summed E-state index contributed by atoms with van der Waals surface area (Å²) < 4.78 is 5.54. The summed E-state index contributed by atoms with van der Waals surface area (Å²) in [6.07, 6.45) is 15.3. The number of hydrogen-bond acceptors (Lipinski definition) is 5. The van der Waals surface area contributed by atoms with Crippen LogP contribution in [0.3, 0.4) is 0 Å². The van der Waals surface area contributed by atoms with Crippen LogP contribution in [0.5, 0.6) is 0 Å². The van der Waals surface area contributed by atoms with E-state index in [-0.39, 0.29) is 18.5 Å². The molecule has 1 fully saturated rings. The number of aryl methyl sites for hydroxylation is 2. The zero-order valence-corrected chi connectivity index (χ0v) is 20.8. The maximum absolute atomic E-state index is 12.9. The fourth-order valence-corrected chi connectivity index (χ4v) is 4.75. The maximum atomic E-state index is 12.9. The largest absolute Gasteiger partial charge is 0.462 e. The van der Waals surface area contributed by atoms with Crippen molar-refractivity contribution < 1.29 is 19.2 Å². The summed E-state index contributed by atoms with van der Waals surface area (Å²) in [5.74, 6) is -0.324. The molecule has 184 valence electrons. The minimum Gasteiger partial charge on any atom is -0.462 e. The lowest BCUT2D eigenvalue weighted by Gasteiger charge is -2.34. The molecule has 0 bridgehead atoms. The van der Waals surface area contributed by atoms with Crippen molar-refractivity contribution in [2.24, 2.45) is 5.16 Å². The Hall–Kier alpha value is -2.89. The van der Waals surface area contributed by atoms with Crippen LogP contribution >= 0.6 is 0 Å². The van der Waals surface area contributed by atoms with E-state index in [2.05, 4.69) is 24.2 Å². The molecule has 6 heteroatoms. The number of fused-ring (bicyclic) bond motifs is 1. The van der Waals surface area contributed by atoms with Gasteiger partial charge in [-0.15, -0.1) is 0 Å². The molecule has 0 aromatic heterocycles. The predicted octanol–water partition coefficient (Wildman–Crippen LogP) is 5.46. The Labute approximate surface area is 203 Å². The predicted molar refractivity (Wildman–Crippen MR) is 135 cm³/mol. The van der Waals surface area contributed by atoms with E-state index in [1.165, 1.54) is 6.42 Å². The second kappa shape index (κ2) is 13.1. The molecule has 6 nitrogen and oxygen atoms in total. The van der Waals surface area contributed by atoms with Gasteiger partial charge in [-0.05, 0) is 76.0 Å². The quantitative estimate of drug-likeness (QED) is 0.336. The van der Waals surface area contributed by atoms with Gasteiger partial charge in [0.05, 0.1) is 17.9 Å². The summed E-state index contributed by atoms with van der Waals surface area (Å²) in [5.41, 5.74) is 4.08. The minimum atomic E-state index is -0.312. The molecule has 2 aliphatic heterocycles. The highest BCUT2D eigenvalue weighted by atomic mass is 16.6. The Kier molecular flexibility index (Phi) is 9.92. The first-order valence-electron chi connectivity index (χ1n) is 12.6. The molecule has 1 aromatic rings. The summed E-state index contributed by atoms with van der Waals surface area (Å²) in [5, 5.41) is 4.33. The Morgan fingerprint density at radius 1 is 1.15 bits per heavy atom. The minimum absolute atomic E-state index is 0.0124. The summed E-state index contributed by atoms with van der Waals surface area (Å²) >= 11 is 0. The van der Waals surface area contributed by atoms with Gasteiger partial charge < -0.3 is 14.5 Å². The summed E-state index contributed by atoms with van der Waals surface area (Å²) in [6, 6.07) is 4.29. The van der Waals surface area contributed by atoms with Crippen LogP contribution in [0.2, 0.25) is 0 Å². The van der Waals surface area contributed by atoms with Gasteiger partial charge in [-0.25, -0.2) is 4.79 Å². The van der Waals surface area contributed by atoms with Crippen LogP contribution in [0.4, 0.5) is 0 Å². The molecule has 2 heterocycles. The van der Waals surface area contributed by atoms with Gasteiger partial charge in [0.1, 0.15) is 0 Å². The molecular weight excluding hydrogens is 428 g/mol. The lowest BCUT2D eigenvalue weighted by atomic mass is 9.95. The number of carbonyl (C=O) groups excluding carboxylic acids is 2. The number of esters is 1. The zero-order valence-electron chi connectivity index (χ0n) is 20.8. The van der Waals surface area contributed by atoms with Crippen LogP contribution < -0.4 is 0 Å². The number of oxime groups is 1. The SMILES string of the molecule is CCC1CCCCN1C(=O)CO/N=C1/C=CCC/C=C/CCOC(=O)c2c(C)cc(C)cc2C1. The third-order valence-electron chi connectivity index (χ3n) is 6.42. The normalized spacial score (nSPS) is 22.0. The number of hydrogen-bond donors (Lipinski definition) is 0. The number of nitrogens with zero attached hydrogens (tertiary/aromatic N) is 2. The first-order valence-corrected chi connectivity index (χ1v) is 12.6. The highest BCUT2D eigenvalue weighted by molar-refractivity contribution is 6.00. The van der Waals surface area contributed by atoms with Gasteiger partial charge in [0.15, 0.2) is 6.61 Å². The maximum Gasteiger partial charge on any atom is 0.338 e. The number of carbonyl (C=O) groups is 2. The van der Waals surface area contributed by atoms with Gasteiger partial charge in [-0.3, -0.25) is 4.79 Å². The fourth-order valence-electron chi connectivity index (χ4n) is 4.75. The van der Waals surface area contributed by atoms with Gasteiger partial charge in [-0.2, -0.15) is 0 Å². The molecule has 0 radical (unpaired) electrons. The van der Waals surface area contributed by atoms with Crippen LogP contribution in [-0.4, -0.2) is 48.3 Å². The molecule has 1 unspecified atom stereocenters. The van der Waals surface area contributed by atoms with E-state index in [0.717, 1.165) is 55.3 Å². The third kappa shape index (κ3) is 7.31. The van der Waals surface area contributed by atoms with E-state index in [4.69, 9.17) is 9.57 Å². The number of benzene rings is 1. The van der Waals surface area contributed by atoms with Gasteiger partial charge in [0.25, 0.3) is 5.91 Å². The van der Waals surface area contributed by atoms with E-state index >= 15 is 0 Å². The van der Waals surface area contributed by atoms with E-state index in [1.54, 1.807) is 0 Å². The number of cyclic esters (lactones) is 1. The van der Waals surface area contributed by atoms with Crippen molar-refractivity contribution in [3.8, 4) is 0 Å². The van der Waals surface area contributed by atoms with Crippen molar-refractivity contribution in [2.45, 2.75) is 78.2 Å². The summed E-state index contributed by atoms with van der Waals surface area (Å²) in [6.45, 7) is 7.15.